The van der Waals surface area contributed by atoms with Crippen LogP contribution >= 0.6 is 35.0 Å². The first-order chi connectivity index (χ1) is 9.45. The second-order valence-electron chi connectivity index (χ2n) is 4.82. The number of hydrogen-bond donors (Lipinski definition) is 2. The number of nitrogens with one attached hydrogen (secondary N) is 1. The Hall–Kier alpha value is -0.620. The van der Waals surface area contributed by atoms with Crippen LogP contribution in [0.3, 0.4) is 0 Å². The van der Waals surface area contributed by atoms with Crippen LogP contribution in [0.5, 0.6) is 0 Å². The van der Waals surface area contributed by atoms with E-state index in [1.807, 2.05) is 11.8 Å². The molecule has 1 heterocycles. The fourth-order valence-corrected chi connectivity index (χ4v) is 3.78. The second-order valence-corrected chi connectivity index (χ2v) is 7.21. The van der Waals surface area contributed by atoms with E-state index in [0.717, 1.165) is 18.8 Å². The molecule has 1 aliphatic heterocycles. The molecule has 3 N–H and O–H groups in total. The highest BCUT2D eigenvalue weighted by Gasteiger charge is 2.19. The highest BCUT2D eigenvalue weighted by atomic mass is 35.5. The fourth-order valence-electron chi connectivity index (χ4n) is 2.14. The molecule has 110 valence electrons. The van der Waals surface area contributed by atoms with Gasteiger partial charge in [0.05, 0.1) is 22.9 Å². The van der Waals surface area contributed by atoms with Crippen LogP contribution in [-0.4, -0.2) is 41.4 Å². The van der Waals surface area contributed by atoms with Gasteiger partial charge in [-0.2, -0.15) is 11.8 Å². The fraction of sp³-hybridized carbons (Fsp3) is 0.462. The second kappa shape index (κ2) is 6.89. The maximum Gasteiger partial charge on any atom is 0.238 e. The SMILES string of the molecule is CC1CN(CC(=O)Nc2c(N)cc(Cl)cc2Cl)CCS1. The molecule has 20 heavy (non-hydrogen) atoms. The summed E-state index contributed by atoms with van der Waals surface area (Å²) in [6, 6.07) is 3.14. The molecule has 0 radical (unpaired) electrons. The topological polar surface area (TPSA) is 58.4 Å². The number of amides is 1. The Morgan fingerprint density at radius 2 is 2.30 bits per heavy atom. The van der Waals surface area contributed by atoms with Crippen molar-refractivity contribution in [1.82, 2.24) is 4.90 Å². The molecule has 0 spiro atoms. The molecule has 1 aliphatic rings. The van der Waals surface area contributed by atoms with Gasteiger partial charge >= 0.3 is 0 Å². The minimum absolute atomic E-state index is 0.111. The average Bonchev–Trinajstić information content (AvgIpc) is 2.33. The minimum Gasteiger partial charge on any atom is -0.397 e. The summed E-state index contributed by atoms with van der Waals surface area (Å²) in [7, 11) is 0. The Balaban J connectivity index is 1.98. The monoisotopic (exact) mass is 333 g/mol. The number of halogens is 2. The van der Waals surface area contributed by atoms with Crippen LogP contribution < -0.4 is 11.1 Å². The average molecular weight is 334 g/mol. The Kier molecular flexibility index (Phi) is 5.43. The van der Waals surface area contributed by atoms with Crippen molar-refractivity contribution in [3.05, 3.63) is 22.2 Å². The van der Waals surface area contributed by atoms with E-state index in [9.17, 15) is 4.79 Å². The first kappa shape index (κ1) is 15.8. The van der Waals surface area contributed by atoms with E-state index < -0.39 is 0 Å². The van der Waals surface area contributed by atoms with Crippen molar-refractivity contribution in [2.45, 2.75) is 12.2 Å². The number of benzene rings is 1. The number of nitrogens with two attached hydrogens (primary N) is 1. The molecule has 1 unspecified atom stereocenters. The summed E-state index contributed by atoms with van der Waals surface area (Å²) >= 11 is 13.8. The maximum atomic E-state index is 12.1. The van der Waals surface area contributed by atoms with Crippen molar-refractivity contribution in [3.8, 4) is 0 Å². The molecule has 1 amide bonds. The van der Waals surface area contributed by atoms with Crippen LogP contribution in [-0.2, 0) is 4.79 Å². The van der Waals surface area contributed by atoms with Crippen LogP contribution in [0.25, 0.3) is 0 Å². The third-order valence-electron chi connectivity index (χ3n) is 3.04. The first-order valence-corrected chi connectivity index (χ1v) is 8.14. The largest absolute Gasteiger partial charge is 0.397 e. The van der Waals surface area contributed by atoms with Crippen molar-refractivity contribution in [2.24, 2.45) is 0 Å². The lowest BCUT2D eigenvalue weighted by atomic mass is 10.2. The van der Waals surface area contributed by atoms with E-state index in [2.05, 4.69) is 17.1 Å². The molecule has 0 aliphatic carbocycles. The smallest absolute Gasteiger partial charge is 0.238 e. The van der Waals surface area contributed by atoms with Gasteiger partial charge in [0.2, 0.25) is 5.91 Å². The number of carbonyl (C=O) groups excluding carboxylic acids is 1. The lowest BCUT2D eigenvalue weighted by Gasteiger charge is -2.29. The molecule has 1 saturated heterocycles. The van der Waals surface area contributed by atoms with E-state index in [4.69, 9.17) is 28.9 Å². The molecule has 1 atom stereocenters. The Morgan fingerprint density at radius 1 is 1.55 bits per heavy atom. The molecule has 1 fully saturated rings. The number of carbonyl (C=O) groups is 1. The molecule has 7 heteroatoms. The van der Waals surface area contributed by atoms with Gasteiger partial charge in [-0.25, -0.2) is 0 Å². The molecular formula is C13H17Cl2N3OS. The van der Waals surface area contributed by atoms with Crippen LogP contribution in [0, 0.1) is 0 Å². The molecule has 0 saturated carbocycles. The molecular weight excluding hydrogens is 317 g/mol. The van der Waals surface area contributed by atoms with Gasteiger partial charge in [0, 0.05) is 29.1 Å². The molecule has 0 aromatic heterocycles. The third kappa shape index (κ3) is 4.19. The van der Waals surface area contributed by atoms with Crippen LogP contribution in [0.15, 0.2) is 12.1 Å². The van der Waals surface area contributed by atoms with Gasteiger partial charge in [0.15, 0.2) is 0 Å². The summed E-state index contributed by atoms with van der Waals surface area (Å²) in [5.41, 5.74) is 6.63. The zero-order chi connectivity index (χ0) is 14.7. The van der Waals surface area contributed by atoms with Crippen molar-refractivity contribution >= 4 is 52.2 Å². The van der Waals surface area contributed by atoms with Gasteiger partial charge in [0.25, 0.3) is 0 Å². The highest BCUT2D eigenvalue weighted by molar-refractivity contribution is 7.99. The summed E-state index contributed by atoms with van der Waals surface area (Å²) in [5, 5.41) is 4.13. The highest BCUT2D eigenvalue weighted by Crippen LogP contribution is 2.32. The zero-order valence-corrected chi connectivity index (χ0v) is 13.5. The summed E-state index contributed by atoms with van der Waals surface area (Å²) < 4.78 is 0. The quantitative estimate of drug-likeness (QED) is 0.835. The summed E-state index contributed by atoms with van der Waals surface area (Å²) in [6.07, 6.45) is 0. The Morgan fingerprint density at radius 3 is 2.95 bits per heavy atom. The number of nitrogen functional groups attached to an aromatic ring is 1. The summed E-state index contributed by atoms with van der Waals surface area (Å²) in [6.45, 7) is 4.36. The number of hydrogen-bond acceptors (Lipinski definition) is 4. The molecule has 4 nitrogen and oxygen atoms in total. The standard InChI is InChI=1S/C13H17Cl2N3OS/c1-8-6-18(2-3-20-8)7-12(19)17-13-10(15)4-9(14)5-11(13)16/h4-5,8H,2-3,6-7,16H2,1H3,(H,17,19). The van der Waals surface area contributed by atoms with Gasteiger partial charge in [-0.05, 0) is 12.1 Å². The van der Waals surface area contributed by atoms with Crippen molar-refractivity contribution < 1.29 is 4.79 Å². The number of anilines is 2. The van der Waals surface area contributed by atoms with Crippen LogP contribution in [0.2, 0.25) is 10.0 Å². The maximum absolute atomic E-state index is 12.1. The van der Waals surface area contributed by atoms with Crippen molar-refractivity contribution in [2.75, 3.05) is 36.4 Å². The number of thioether (sulfide) groups is 1. The van der Waals surface area contributed by atoms with Gasteiger partial charge in [-0.15, -0.1) is 0 Å². The molecule has 0 bridgehead atoms. The van der Waals surface area contributed by atoms with Gasteiger partial charge < -0.3 is 11.1 Å². The van der Waals surface area contributed by atoms with E-state index in [1.165, 1.54) is 0 Å². The molecule has 1 aromatic rings. The van der Waals surface area contributed by atoms with Gasteiger partial charge in [-0.1, -0.05) is 30.1 Å². The summed E-state index contributed by atoms with van der Waals surface area (Å²) in [4.78, 5) is 14.2. The predicted octanol–water partition coefficient (Wildman–Crippen LogP) is 2.95. The van der Waals surface area contributed by atoms with E-state index in [-0.39, 0.29) is 5.91 Å². The molecule has 1 aromatic carbocycles. The van der Waals surface area contributed by atoms with E-state index >= 15 is 0 Å². The van der Waals surface area contributed by atoms with Crippen molar-refractivity contribution in [3.63, 3.8) is 0 Å². The van der Waals surface area contributed by atoms with Crippen LogP contribution in [0.1, 0.15) is 6.92 Å². The third-order valence-corrected chi connectivity index (χ3v) is 4.70. The predicted molar refractivity (Wildman–Crippen MR) is 87.9 cm³/mol. The summed E-state index contributed by atoms with van der Waals surface area (Å²) in [5.74, 6) is 0.943. The Labute approximate surface area is 133 Å². The minimum atomic E-state index is -0.111. The number of rotatable bonds is 3. The Bertz CT molecular complexity index is 489. The normalized spacial score (nSPS) is 19.9. The lowest BCUT2D eigenvalue weighted by molar-refractivity contribution is -0.117. The first-order valence-electron chi connectivity index (χ1n) is 6.34. The van der Waals surface area contributed by atoms with Gasteiger partial charge in [0.1, 0.15) is 0 Å². The van der Waals surface area contributed by atoms with E-state index in [0.29, 0.717) is 33.2 Å². The van der Waals surface area contributed by atoms with E-state index in [1.54, 1.807) is 12.1 Å². The van der Waals surface area contributed by atoms with Crippen LogP contribution in [0.4, 0.5) is 11.4 Å². The van der Waals surface area contributed by atoms with Gasteiger partial charge in [-0.3, -0.25) is 9.69 Å². The van der Waals surface area contributed by atoms with Crippen molar-refractivity contribution in [1.29, 1.82) is 0 Å². The number of nitrogens with zero attached hydrogens (tertiary/aromatic N) is 1. The zero-order valence-electron chi connectivity index (χ0n) is 11.2. The molecule has 2 rings (SSSR count). The lowest BCUT2D eigenvalue weighted by Crippen LogP contribution is -2.41.